The summed E-state index contributed by atoms with van der Waals surface area (Å²) in [5.41, 5.74) is -0.0404. The normalized spacial score (nSPS) is 10.4. The number of benzene rings is 2. The second-order valence-corrected chi connectivity index (χ2v) is 4.83. The van der Waals surface area contributed by atoms with E-state index >= 15 is 0 Å². The molecule has 0 aliphatic carbocycles. The second-order valence-electron chi connectivity index (χ2n) is 3.92. The van der Waals surface area contributed by atoms with E-state index in [1.807, 2.05) is 0 Å². The molecule has 0 saturated carbocycles. The van der Waals surface area contributed by atoms with Gasteiger partial charge in [-0.25, -0.2) is 13.2 Å². The zero-order valence-electron chi connectivity index (χ0n) is 10.00. The topological polar surface area (TPSA) is 26.3 Å². The average molecular weight is 345 g/mol. The van der Waals surface area contributed by atoms with Crippen molar-refractivity contribution in [2.24, 2.45) is 0 Å². The van der Waals surface area contributed by atoms with E-state index in [9.17, 15) is 18.0 Å². The molecule has 2 nitrogen and oxygen atoms in total. The van der Waals surface area contributed by atoms with E-state index in [0.717, 1.165) is 18.2 Å². The Morgan fingerprint density at radius 3 is 2.40 bits per heavy atom. The van der Waals surface area contributed by atoms with Gasteiger partial charge in [0.1, 0.15) is 0 Å². The summed E-state index contributed by atoms with van der Waals surface area (Å²) in [5, 5.41) is 0. The van der Waals surface area contributed by atoms with Crippen LogP contribution < -0.4 is 4.74 Å². The van der Waals surface area contributed by atoms with Gasteiger partial charge in [-0.15, -0.1) is 0 Å². The van der Waals surface area contributed by atoms with E-state index in [0.29, 0.717) is 4.47 Å². The molecule has 6 heteroatoms. The summed E-state index contributed by atoms with van der Waals surface area (Å²) in [6, 6.07) is 6.87. The highest BCUT2D eigenvalue weighted by Gasteiger charge is 2.12. The molecule has 2 aromatic rings. The van der Waals surface area contributed by atoms with E-state index in [1.54, 1.807) is 6.07 Å². The first-order valence-electron chi connectivity index (χ1n) is 5.53. The molecular formula is C14H8BrF3O2. The maximum Gasteiger partial charge on any atom is 0.200 e. The maximum atomic E-state index is 13.4. The fourth-order valence-corrected chi connectivity index (χ4v) is 1.82. The van der Waals surface area contributed by atoms with Crippen molar-refractivity contribution in [1.29, 1.82) is 0 Å². The quantitative estimate of drug-likeness (QED) is 0.779. The van der Waals surface area contributed by atoms with Gasteiger partial charge in [0, 0.05) is 10.0 Å². The third kappa shape index (κ3) is 3.39. The first-order chi connectivity index (χ1) is 9.47. The number of carbonyl (C=O) groups excluding carboxylic acids is 1. The Morgan fingerprint density at radius 1 is 1.00 bits per heavy atom. The van der Waals surface area contributed by atoms with Crippen molar-refractivity contribution in [3.05, 3.63) is 63.9 Å². The highest BCUT2D eigenvalue weighted by atomic mass is 79.9. The third-order valence-corrected chi connectivity index (χ3v) is 2.99. The minimum atomic E-state index is -1.12. The molecule has 2 aromatic carbocycles. The highest BCUT2D eigenvalue weighted by molar-refractivity contribution is 9.10. The van der Waals surface area contributed by atoms with E-state index in [2.05, 4.69) is 15.9 Å². The molecule has 0 N–H and O–H groups in total. The third-order valence-electron chi connectivity index (χ3n) is 2.49. The largest absolute Gasteiger partial charge is 0.482 e. The Balaban J connectivity index is 2.06. The average Bonchev–Trinajstić information content (AvgIpc) is 2.40. The number of rotatable bonds is 4. The van der Waals surface area contributed by atoms with Gasteiger partial charge in [-0.2, -0.15) is 0 Å². The lowest BCUT2D eigenvalue weighted by Crippen LogP contribution is -2.12. The van der Waals surface area contributed by atoms with Gasteiger partial charge in [-0.05, 0) is 36.4 Å². The van der Waals surface area contributed by atoms with Crippen LogP contribution in [0.4, 0.5) is 13.2 Å². The number of ketones is 1. The Bertz CT molecular complexity index is 659. The van der Waals surface area contributed by atoms with Gasteiger partial charge in [0.05, 0.1) is 0 Å². The van der Waals surface area contributed by atoms with Crippen LogP contribution in [0.1, 0.15) is 10.4 Å². The summed E-state index contributed by atoms with van der Waals surface area (Å²) in [5.74, 6) is -3.46. The number of hydrogen-bond acceptors (Lipinski definition) is 2. The van der Waals surface area contributed by atoms with Crippen molar-refractivity contribution in [3.8, 4) is 5.75 Å². The van der Waals surface area contributed by atoms with Crippen LogP contribution in [0.2, 0.25) is 0 Å². The standard InChI is InChI=1S/C14H8BrF3O2/c15-9-2-4-14(12(18)6-9)20-7-13(19)8-1-3-10(16)11(17)5-8/h1-6H,7H2. The molecule has 0 amide bonds. The lowest BCUT2D eigenvalue weighted by molar-refractivity contribution is 0.0918. The fourth-order valence-electron chi connectivity index (χ4n) is 1.49. The molecular weight excluding hydrogens is 337 g/mol. The predicted octanol–water partition coefficient (Wildman–Crippen LogP) is 4.13. The van der Waals surface area contributed by atoms with Crippen molar-refractivity contribution in [1.82, 2.24) is 0 Å². The van der Waals surface area contributed by atoms with Crippen LogP contribution in [0.5, 0.6) is 5.75 Å². The summed E-state index contributed by atoms with van der Waals surface area (Å²) in [7, 11) is 0. The van der Waals surface area contributed by atoms with Crippen LogP contribution in [-0.2, 0) is 0 Å². The molecule has 0 saturated heterocycles. The number of ether oxygens (including phenoxy) is 1. The maximum absolute atomic E-state index is 13.4. The van der Waals surface area contributed by atoms with Crippen molar-refractivity contribution in [3.63, 3.8) is 0 Å². The Hall–Kier alpha value is -1.82. The van der Waals surface area contributed by atoms with Crippen LogP contribution in [0.15, 0.2) is 40.9 Å². The number of carbonyl (C=O) groups is 1. The van der Waals surface area contributed by atoms with Crippen LogP contribution in [0.3, 0.4) is 0 Å². The molecule has 0 aliphatic heterocycles. The predicted molar refractivity (Wildman–Crippen MR) is 70.3 cm³/mol. The molecule has 0 fully saturated rings. The van der Waals surface area contributed by atoms with Gasteiger partial charge in [0.25, 0.3) is 0 Å². The smallest absolute Gasteiger partial charge is 0.200 e. The minimum Gasteiger partial charge on any atom is -0.482 e. The van der Waals surface area contributed by atoms with Gasteiger partial charge >= 0.3 is 0 Å². The van der Waals surface area contributed by atoms with Gasteiger partial charge < -0.3 is 4.74 Å². The lowest BCUT2D eigenvalue weighted by Gasteiger charge is -2.07. The monoisotopic (exact) mass is 344 g/mol. The van der Waals surface area contributed by atoms with E-state index in [4.69, 9.17) is 4.74 Å². The molecule has 0 aromatic heterocycles. The molecule has 20 heavy (non-hydrogen) atoms. The molecule has 0 heterocycles. The summed E-state index contributed by atoms with van der Waals surface area (Å²) in [6.07, 6.45) is 0. The molecule has 0 atom stereocenters. The number of hydrogen-bond donors (Lipinski definition) is 0. The number of Topliss-reactive ketones (excluding diaryl/α,β-unsaturated/α-hetero) is 1. The summed E-state index contributed by atoms with van der Waals surface area (Å²) >= 11 is 3.09. The molecule has 104 valence electrons. The van der Waals surface area contributed by atoms with Crippen molar-refractivity contribution >= 4 is 21.7 Å². The number of halogens is 4. The van der Waals surface area contributed by atoms with Gasteiger partial charge in [0.2, 0.25) is 0 Å². The summed E-state index contributed by atoms with van der Waals surface area (Å²) in [4.78, 5) is 11.7. The summed E-state index contributed by atoms with van der Waals surface area (Å²) in [6.45, 7) is -0.469. The zero-order chi connectivity index (χ0) is 14.7. The van der Waals surface area contributed by atoms with Crippen LogP contribution in [0, 0.1) is 17.5 Å². The van der Waals surface area contributed by atoms with E-state index < -0.39 is 29.8 Å². The van der Waals surface area contributed by atoms with E-state index in [-0.39, 0.29) is 11.3 Å². The Kier molecular flexibility index (Phi) is 4.44. The Labute approximate surface area is 121 Å². The van der Waals surface area contributed by atoms with Crippen molar-refractivity contribution < 1.29 is 22.7 Å². The highest BCUT2D eigenvalue weighted by Crippen LogP contribution is 2.21. The first-order valence-corrected chi connectivity index (χ1v) is 6.33. The summed E-state index contributed by atoms with van der Waals surface area (Å²) < 4.78 is 44.7. The van der Waals surface area contributed by atoms with Gasteiger partial charge in [-0.3, -0.25) is 4.79 Å². The molecule has 0 spiro atoms. The first kappa shape index (κ1) is 14.6. The second kappa shape index (κ2) is 6.09. The molecule has 0 unspecified atom stereocenters. The molecule has 0 radical (unpaired) electrons. The zero-order valence-corrected chi connectivity index (χ0v) is 11.6. The molecule has 0 bridgehead atoms. The van der Waals surface area contributed by atoms with E-state index in [1.165, 1.54) is 12.1 Å². The van der Waals surface area contributed by atoms with Gasteiger partial charge in [-0.1, -0.05) is 15.9 Å². The molecule has 0 aliphatic rings. The van der Waals surface area contributed by atoms with Gasteiger partial charge in [0.15, 0.2) is 35.6 Å². The van der Waals surface area contributed by atoms with Crippen molar-refractivity contribution in [2.45, 2.75) is 0 Å². The van der Waals surface area contributed by atoms with Crippen molar-refractivity contribution in [2.75, 3.05) is 6.61 Å². The minimum absolute atomic E-state index is 0.0404. The van der Waals surface area contributed by atoms with Crippen LogP contribution in [-0.4, -0.2) is 12.4 Å². The van der Waals surface area contributed by atoms with Crippen LogP contribution >= 0.6 is 15.9 Å². The lowest BCUT2D eigenvalue weighted by atomic mass is 10.1. The fraction of sp³-hybridized carbons (Fsp3) is 0.0714. The Morgan fingerprint density at radius 2 is 1.75 bits per heavy atom. The molecule has 2 rings (SSSR count). The SMILES string of the molecule is O=C(COc1ccc(Br)cc1F)c1ccc(F)c(F)c1. The van der Waals surface area contributed by atoms with Crippen LogP contribution in [0.25, 0.3) is 0 Å².